The second-order valence-corrected chi connectivity index (χ2v) is 4.53. The molecule has 0 fully saturated rings. The van der Waals surface area contributed by atoms with Crippen molar-refractivity contribution < 1.29 is 4.79 Å². The topological polar surface area (TPSA) is 20.3 Å². The van der Waals surface area contributed by atoms with E-state index in [9.17, 15) is 4.79 Å². The highest BCUT2D eigenvalue weighted by atomic mass is 79.9. The third-order valence-electron chi connectivity index (χ3n) is 1.94. The third-order valence-corrected chi connectivity index (χ3v) is 2.80. The number of hydrogen-bond acceptors (Lipinski definition) is 2. The van der Waals surface area contributed by atoms with E-state index in [1.165, 1.54) is 0 Å². The van der Waals surface area contributed by atoms with Crippen LogP contribution in [0.1, 0.15) is 10.4 Å². The van der Waals surface area contributed by atoms with Crippen molar-refractivity contribution in [1.82, 2.24) is 4.90 Å². The first kappa shape index (κ1) is 12.3. The van der Waals surface area contributed by atoms with Crippen LogP contribution < -0.4 is 0 Å². The average molecular weight is 286 g/mol. The largest absolute Gasteiger partial charge is 0.338 e. The Morgan fingerprint density at radius 1 is 1.67 bits per heavy atom. The number of benzene rings is 1. The zero-order valence-corrected chi connectivity index (χ0v) is 10.9. The number of halogens is 1. The third kappa shape index (κ3) is 3.11. The Bertz CT molecular complexity index is 392. The Hall–Kier alpha value is -0.740. The van der Waals surface area contributed by atoms with Crippen LogP contribution in [0.15, 0.2) is 40.2 Å². The van der Waals surface area contributed by atoms with E-state index in [1.807, 2.05) is 6.07 Å². The van der Waals surface area contributed by atoms with Crippen molar-refractivity contribution in [3.05, 3.63) is 40.9 Å². The Morgan fingerprint density at radius 3 is 2.87 bits per heavy atom. The lowest BCUT2D eigenvalue weighted by molar-refractivity contribution is 0.0807. The standard InChI is InChI=1S/C11H12BrNOS/c1-3-6-13(2)11(14)9-5-4-8(12)7-10(9)15/h3-5,7,15H,1,6H2,2H3. The summed E-state index contributed by atoms with van der Waals surface area (Å²) in [5, 5.41) is 0. The summed E-state index contributed by atoms with van der Waals surface area (Å²) in [4.78, 5) is 14.1. The van der Waals surface area contributed by atoms with Gasteiger partial charge in [-0.2, -0.15) is 0 Å². The fourth-order valence-electron chi connectivity index (χ4n) is 1.17. The van der Waals surface area contributed by atoms with Crippen LogP contribution in [0.2, 0.25) is 0 Å². The molecule has 0 unspecified atom stereocenters. The maximum atomic E-state index is 11.9. The van der Waals surface area contributed by atoms with E-state index < -0.39 is 0 Å². The molecule has 15 heavy (non-hydrogen) atoms. The molecule has 0 atom stereocenters. The van der Waals surface area contributed by atoms with Gasteiger partial charge in [-0.1, -0.05) is 22.0 Å². The predicted octanol–water partition coefficient (Wildman–Crippen LogP) is 3.00. The first-order chi connectivity index (χ1) is 7.06. The number of rotatable bonds is 3. The molecule has 0 aromatic heterocycles. The number of carbonyl (C=O) groups is 1. The van der Waals surface area contributed by atoms with Crippen molar-refractivity contribution in [2.24, 2.45) is 0 Å². The fraction of sp³-hybridized carbons (Fsp3) is 0.182. The van der Waals surface area contributed by atoms with Crippen LogP contribution in [0.3, 0.4) is 0 Å². The molecule has 4 heteroatoms. The summed E-state index contributed by atoms with van der Waals surface area (Å²) in [7, 11) is 1.74. The van der Waals surface area contributed by atoms with Gasteiger partial charge < -0.3 is 4.90 Å². The number of likely N-dealkylation sites (N-methyl/N-ethyl adjacent to an activating group) is 1. The molecule has 1 amide bonds. The van der Waals surface area contributed by atoms with Crippen molar-refractivity contribution in [3.8, 4) is 0 Å². The highest BCUT2D eigenvalue weighted by Gasteiger charge is 2.13. The Labute approximate surface area is 104 Å². The maximum absolute atomic E-state index is 11.9. The molecule has 80 valence electrons. The first-order valence-electron chi connectivity index (χ1n) is 4.41. The van der Waals surface area contributed by atoms with E-state index >= 15 is 0 Å². The number of nitrogens with zero attached hydrogens (tertiary/aromatic N) is 1. The molecule has 0 radical (unpaired) electrons. The summed E-state index contributed by atoms with van der Waals surface area (Å²) in [6, 6.07) is 5.39. The Balaban J connectivity index is 2.96. The fourth-order valence-corrected chi connectivity index (χ4v) is 2.02. The monoisotopic (exact) mass is 285 g/mol. The lowest BCUT2D eigenvalue weighted by atomic mass is 10.2. The normalized spacial score (nSPS) is 9.80. The zero-order valence-electron chi connectivity index (χ0n) is 8.40. The van der Waals surface area contributed by atoms with Gasteiger partial charge in [-0.25, -0.2) is 0 Å². The summed E-state index contributed by atoms with van der Waals surface area (Å²) in [5.41, 5.74) is 0.603. The zero-order chi connectivity index (χ0) is 11.4. The summed E-state index contributed by atoms with van der Waals surface area (Å²) >= 11 is 7.59. The van der Waals surface area contributed by atoms with Crippen molar-refractivity contribution in [3.63, 3.8) is 0 Å². The minimum Gasteiger partial charge on any atom is -0.338 e. The summed E-state index contributed by atoms with van der Waals surface area (Å²) in [6.07, 6.45) is 1.69. The van der Waals surface area contributed by atoms with E-state index in [4.69, 9.17) is 0 Å². The maximum Gasteiger partial charge on any atom is 0.255 e. The molecule has 0 saturated heterocycles. The van der Waals surface area contributed by atoms with Crippen LogP contribution in [-0.2, 0) is 0 Å². The van der Waals surface area contributed by atoms with Crippen LogP contribution >= 0.6 is 28.6 Å². The van der Waals surface area contributed by atoms with E-state index in [0.29, 0.717) is 17.0 Å². The molecule has 0 heterocycles. The number of hydrogen-bond donors (Lipinski definition) is 1. The predicted molar refractivity (Wildman–Crippen MR) is 68.6 cm³/mol. The number of carbonyl (C=O) groups excluding carboxylic acids is 1. The molecule has 1 aromatic carbocycles. The van der Waals surface area contributed by atoms with Crippen molar-refractivity contribution in [2.75, 3.05) is 13.6 Å². The van der Waals surface area contributed by atoms with Gasteiger partial charge in [0.05, 0.1) is 5.56 Å². The smallest absolute Gasteiger partial charge is 0.255 e. The first-order valence-corrected chi connectivity index (χ1v) is 5.65. The lowest BCUT2D eigenvalue weighted by Crippen LogP contribution is -2.26. The van der Waals surface area contributed by atoms with Crippen molar-refractivity contribution >= 4 is 34.5 Å². The van der Waals surface area contributed by atoms with Gasteiger partial charge in [0.1, 0.15) is 0 Å². The molecule has 0 aliphatic rings. The summed E-state index contributed by atoms with van der Waals surface area (Å²) in [6.45, 7) is 4.12. The lowest BCUT2D eigenvalue weighted by Gasteiger charge is -2.15. The van der Waals surface area contributed by atoms with Gasteiger partial charge in [0, 0.05) is 23.0 Å². The van der Waals surface area contributed by atoms with E-state index in [2.05, 4.69) is 35.1 Å². The van der Waals surface area contributed by atoms with Crippen LogP contribution in [-0.4, -0.2) is 24.4 Å². The minimum atomic E-state index is -0.0487. The molecule has 0 saturated carbocycles. The molecule has 0 aliphatic heterocycles. The second kappa shape index (κ2) is 5.37. The Kier molecular flexibility index (Phi) is 4.42. The van der Waals surface area contributed by atoms with Gasteiger partial charge in [-0.05, 0) is 18.2 Å². The molecule has 0 spiro atoms. The molecule has 1 aromatic rings. The van der Waals surface area contributed by atoms with E-state index in [1.54, 1.807) is 30.2 Å². The molecule has 2 nitrogen and oxygen atoms in total. The number of thiol groups is 1. The highest BCUT2D eigenvalue weighted by Crippen LogP contribution is 2.20. The van der Waals surface area contributed by atoms with Gasteiger partial charge in [0.2, 0.25) is 0 Å². The van der Waals surface area contributed by atoms with Crippen molar-refractivity contribution in [2.45, 2.75) is 4.90 Å². The van der Waals surface area contributed by atoms with Crippen LogP contribution in [0.25, 0.3) is 0 Å². The van der Waals surface area contributed by atoms with E-state index in [0.717, 1.165) is 4.47 Å². The average Bonchev–Trinajstić information content (AvgIpc) is 2.17. The Morgan fingerprint density at radius 2 is 2.33 bits per heavy atom. The van der Waals surface area contributed by atoms with E-state index in [-0.39, 0.29) is 5.91 Å². The second-order valence-electron chi connectivity index (χ2n) is 3.14. The van der Waals surface area contributed by atoms with Crippen LogP contribution in [0, 0.1) is 0 Å². The molecule has 0 aliphatic carbocycles. The quantitative estimate of drug-likeness (QED) is 0.669. The number of amides is 1. The SMILES string of the molecule is C=CCN(C)C(=O)c1ccc(Br)cc1S. The molecular formula is C11H12BrNOS. The molecule has 0 N–H and O–H groups in total. The van der Waals surface area contributed by atoms with Gasteiger partial charge in [-0.15, -0.1) is 19.2 Å². The highest BCUT2D eigenvalue weighted by molar-refractivity contribution is 9.10. The molecular weight excluding hydrogens is 274 g/mol. The van der Waals surface area contributed by atoms with Gasteiger partial charge in [0.15, 0.2) is 0 Å². The van der Waals surface area contributed by atoms with Crippen LogP contribution in [0.4, 0.5) is 0 Å². The molecule has 1 rings (SSSR count). The van der Waals surface area contributed by atoms with Crippen molar-refractivity contribution in [1.29, 1.82) is 0 Å². The van der Waals surface area contributed by atoms with Gasteiger partial charge >= 0.3 is 0 Å². The minimum absolute atomic E-state index is 0.0487. The molecule has 0 bridgehead atoms. The van der Waals surface area contributed by atoms with Crippen LogP contribution in [0.5, 0.6) is 0 Å². The van der Waals surface area contributed by atoms with Gasteiger partial charge in [0.25, 0.3) is 5.91 Å². The summed E-state index contributed by atoms with van der Waals surface area (Å²) < 4.78 is 0.912. The summed E-state index contributed by atoms with van der Waals surface area (Å²) in [5.74, 6) is -0.0487. The van der Waals surface area contributed by atoms with Gasteiger partial charge in [-0.3, -0.25) is 4.79 Å².